The summed E-state index contributed by atoms with van der Waals surface area (Å²) < 4.78 is 14.0. The molecule has 0 bridgehead atoms. The van der Waals surface area contributed by atoms with Gasteiger partial charge in [-0.15, -0.1) is 24.0 Å². The monoisotopic (exact) mass is 553 g/mol. The zero-order chi connectivity index (χ0) is 21.3. The number of halogens is 1. The maximum atomic E-state index is 6.18. The van der Waals surface area contributed by atoms with E-state index in [0.29, 0.717) is 18.8 Å². The average Bonchev–Trinajstić information content (AvgIpc) is 3.37. The van der Waals surface area contributed by atoms with E-state index in [1.807, 2.05) is 17.1 Å². The lowest BCUT2D eigenvalue weighted by Crippen LogP contribution is -2.47. The molecule has 1 N–H and O–H groups in total. The van der Waals surface area contributed by atoms with Crippen LogP contribution in [0.4, 0.5) is 0 Å². The summed E-state index contributed by atoms with van der Waals surface area (Å²) in [4.78, 5) is 11.5. The van der Waals surface area contributed by atoms with Gasteiger partial charge in [-0.05, 0) is 50.7 Å². The predicted octanol–water partition coefficient (Wildman–Crippen LogP) is 4.01. The van der Waals surface area contributed by atoms with Crippen LogP contribution in [0, 0.1) is 0 Å². The number of benzene rings is 1. The second-order valence-corrected chi connectivity index (χ2v) is 8.28. The van der Waals surface area contributed by atoms with Crippen LogP contribution in [0.2, 0.25) is 0 Å². The van der Waals surface area contributed by atoms with E-state index in [9.17, 15) is 0 Å². The number of rotatable bonds is 7. The van der Waals surface area contributed by atoms with Crippen molar-refractivity contribution in [3.63, 3.8) is 0 Å². The first-order valence-electron chi connectivity index (χ1n) is 11.7. The van der Waals surface area contributed by atoms with Crippen molar-refractivity contribution in [2.75, 3.05) is 32.8 Å². The molecule has 2 saturated heterocycles. The molecule has 4 rings (SSSR count). The van der Waals surface area contributed by atoms with Crippen molar-refractivity contribution < 1.29 is 9.47 Å². The Morgan fingerprint density at radius 2 is 2.06 bits per heavy atom. The summed E-state index contributed by atoms with van der Waals surface area (Å²) in [6, 6.07) is 8.36. The Hall–Kier alpha value is -1.65. The molecule has 1 atom stereocenters. The van der Waals surface area contributed by atoms with E-state index < -0.39 is 0 Å². The van der Waals surface area contributed by atoms with E-state index >= 15 is 0 Å². The number of ether oxygens (including phenoxy) is 2. The van der Waals surface area contributed by atoms with Crippen LogP contribution < -0.4 is 5.32 Å². The average molecular weight is 553 g/mol. The van der Waals surface area contributed by atoms with Crippen LogP contribution in [0.5, 0.6) is 0 Å². The molecule has 0 aliphatic carbocycles. The molecule has 1 unspecified atom stereocenters. The van der Waals surface area contributed by atoms with E-state index in [2.05, 4.69) is 46.4 Å². The number of aliphatic imine (C=N–C) groups is 1. The van der Waals surface area contributed by atoms with Crippen LogP contribution in [-0.2, 0) is 16.0 Å². The highest BCUT2D eigenvalue weighted by atomic mass is 127. The van der Waals surface area contributed by atoms with E-state index in [-0.39, 0.29) is 24.0 Å². The standard InChI is InChI=1S/C24H35N5O2.HI/c1-2-26-24(27-17-20-7-3-4-9-23(20)29-15-12-25-19-29)28-13-10-21(11-14-28)31-18-22-8-5-6-16-30-22;/h3-4,7,9,12,15,19,21-22H,2,5-6,8,10-11,13-14,16-18H2,1H3,(H,26,27);1H. The molecule has 8 heteroatoms. The van der Waals surface area contributed by atoms with Crippen LogP contribution in [-0.4, -0.2) is 65.5 Å². The third-order valence-electron chi connectivity index (χ3n) is 6.04. The summed E-state index contributed by atoms with van der Waals surface area (Å²) in [6.07, 6.45) is 11.9. The van der Waals surface area contributed by atoms with Crippen LogP contribution in [0.25, 0.3) is 5.69 Å². The summed E-state index contributed by atoms with van der Waals surface area (Å²) in [7, 11) is 0. The molecule has 2 aromatic rings. The Bertz CT molecular complexity index is 816. The number of para-hydroxylation sites is 1. The maximum Gasteiger partial charge on any atom is 0.194 e. The van der Waals surface area contributed by atoms with E-state index in [1.54, 1.807) is 6.20 Å². The van der Waals surface area contributed by atoms with Crippen LogP contribution >= 0.6 is 24.0 Å². The van der Waals surface area contributed by atoms with Gasteiger partial charge in [0, 0.05) is 38.6 Å². The van der Waals surface area contributed by atoms with Gasteiger partial charge in [0.1, 0.15) is 0 Å². The highest BCUT2D eigenvalue weighted by molar-refractivity contribution is 14.0. The van der Waals surface area contributed by atoms with Gasteiger partial charge in [0.2, 0.25) is 0 Å². The smallest absolute Gasteiger partial charge is 0.194 e. The number of hydrogen-bond donors (Lipinski definition) is 1. The lowest BCUT2D eigenvalue weighted by atomic mass is 10.1. The molecule has 3 heterocycles. The van der Waals surface area contributed by atoms with E-state index in [4.69, 9.17) is 14.5 Å². The van der Waals surface area contributed by atoms with Crippen molar-refractivity contribution in [1.29, 1.82) is 0 Å². The lowest BCUT2D eigenvalue weighted by molar-refractivity contribution is -0.0721. The van der Waals surface area contributed by atoms with Gasteiger partial charge in [-0.25, -0.2) is 9.98 Å². The number of nitrogens with zero attached hydrogens (tertiary/aromatic N) is 4. The van der Waals surface area contributed by atoms with E-state index in [1.165, 1.54) is 18.4 Å². The third kappa shape index (κ3) is 6.92. The zero-order valence-electron chi connectivity index (χ0n) is 19.0. The molecule has 0 radical (unpaired) electrons. The molecule has 7 nitrogen and oxygen atoms in total. The summed E-state index contributed by atoms with van der Waals surface area (Å²) in [6.45, 7) is 7.16. The fourth-order valence-electron chi connectivity index (χ4n) is 4.30. The number of hydrogen-bond acceptors (Lipinski definition) is 4. The van der Waals surface area contributed by atoms with Crippen LogP contribution in [0.15, 0.2) is 48.0 Å². The predicted molar refractivity (Wildman–Crippen MR) is 138 cm³/mol. The van der Waals surface area contributed by atoms with Gasteiger partial charge < -0.3 is 24.3 Å². The minimum absolute atomic E-state index is 0. The van der Waals surface area contributed by atoms with Crippen molar-refractivity contribution in [3.8, 4) is 5.69 Å². The molecular formula is C24H36IN5O2. The Labute approximate surface area is 208 Å². The second kappa shape index (κ2) is 13.2. The minimum atomic E-state index is 0. The number of imidazole rings is 1. The first-order chi connectivity index (χ1) is 15.3. The third-order valence-corrected chi connectivity index (χ3v) is 6.04. The maximum absolute atomic E-state index is 6.18. The van der Waals surface area contributed by atoms with Gasteiger partial charge in [0.25, 0.3) is 0 Å². The van der Waals surface area contributed by atoms with Crippen LogP contribution in [0.3, 0.4) is 0 Å². The minimum Gasteiger partial charge on any atom is -0.376 e. The Balaban J connectivity index is 0.00000289. The van der Waals surface area contributed by atoms with Crippen molar-refractivity contribution in [3.05, 3.63) is 48.5 Å². The fourth-order valence-corrected chi connectivity index (χ4v) is 4.30. The van der Waals surface area contributed by atoms with Gasteiger partial charge in [-0.1, -0.05) is 18.2 Å². The topological polar surface area (TPSA) is 63.9 Å². The van der Waals surface area contributed by atoms with Crippen LogP contribution in [0.1, 0.15) is 44.6 Å². The van der Waals surface area contributed by atoms with Crippen molar-refractivity contribution in [1.82, 2.24) is 19.8 Å². The number of piperidine rings is 1. The molecular weight excluding hydrogens is 517 g/mol. The summed E-state index contributed by atoms with van der Waals surface area (Å²) in [5.74, 6) is 0.983. The normalized spacial score (nSPS) is 20.1. The fraction of sp³-hybridized carbons (Fsp3) is 0.583. The highest BCUT2D eigenvalue weighted by Crippen LogP contribution is 2.19. The molecule has 176 valence electrons. The second-order valence-electron chi connectivity index (χ2n) is 8.28. The van der Waals surface area contributed by atoms with E-state index in [0.717, 1.165) is 63.8 Å². The van der Waals surface area contributed by atoms with Gasteiger partial charge >= 0.3 is 0 Å². The van der Waals surface area contributed by atoms with Gasteiger partial charge in [0.05, 0.1) is 37.4 Å². The number of nitrogens with one attached hydrogen (secondary N) is 1. The molecule has 2 aliphatic heterocycles. The number of aromatic nitrogens is 2. The number of guanidine groups is 1. The molecule has 2 aliphatic rings. The summed E-state index contributed by atoms with van der Waals surface area (Å²) in [5, 5.41) is 3.47. The summed E-state index contributed by atoms with van der Waals surface area (Å²) in [5.41, 5.74) is 2.30. The Morgan fingerprint density at radius 3 is 2.78 bits per heavy atom. The van der Waals surface area contributed by atoms with Gasteiger partial charge in [-0.3, -0.25) is 0 Å². The molecule has 1 aromatic carbocycles. The lowest BCUT2D eigenvalue weighted by Gasteiger charge is -2.35. The van der Waals surface area contributed by atoms with Crippen molar-refractivity contribution >= 4 is 29.9 Å². The Kier molecular flexibility index (Phi) is 10.3. The number of likely N-dealkylation sites (tertiary alicyclic amines) is 1. The zero-order valence-corrected chi connectivity index (χ0v) is 21.3. The van der Waals surface area contributed by atoms with Gasteiger partial charge in [0.15, 0.2) is 5.96 Å². The Morgan fingerprint density at radius 1 is 1.22 bits per heavy atom. The first kappa shape index (κ1) is 25.0. The van der Waals surface area contributed by atoms with Crippen molar-refractivity contribution in [2.45, 2.75) is 57.8 Å². The van der Waals surface area contributed by atoms with Gasteiger partial charge in [-0.2, -0.15) is 0 Å². The first-order valence-corrected chi connectivity index (χ1v) is 11.7. The molecule has 0 saturated carbocycles. The SMILES string of the molecule is CCNC(=NCc1ccccc1-n1ccnc1)N1CCC(OCC2CCCCO2)CC1.I. The highest BCUT2D eigenvalue weighted by Gasteiger charge is 2.23. The molecule has 2 fully saturated rings. The van der Waals surface area contributed by atoms with Crippen molar-refractivity contribution in [2.24, 2.45) is 4.99 Å². The largest absolute Gasteiger partial charge is 0.376 e. The molecule has 0 amide bonds. The molecule has 32 heavy (non-hydrogen) atoms. The summed E-state index contributed by atoms with van der Waals surface area (Å²) >= 11 is 0. The molecule has 1 aromatic heterocycles. The molecule has 0 spiro atoms. The quantitative estimate of drug-likeness (QED) is 0.319.